The van der Waals surface area contributed by atoms with Gasteiger partial charge in [-0.3, -0.25) is 9.59 Å². The Labute approximate surface area is 136 Å². The Hall–Kier alpha value is -2.04. The number of carbonyl (C=O) groups excluding carboxylic acids is 2. The third kappa shape index (κ3) is 3.33. The molecule has 1 amide bonds. The van der Waals surface area contributed by atoms with E-state index >= 15 is 0 Å². The van der Waals surface area contributed by atoms with Crippen LogP contribution < -0.4 is 9.64 Å². The molecule has 3 rings (SSSR count). The Morgan fingerprint density at radius 1 is 1.39 bits per heavy atom. The topological polar surface area (TPSA) is 55.8 Å². The van der Waals surface area contributed by atoms with Crippen molar-refractivity contribution in [3.05, 3.63) is 23.8 Å². The number of benzene rings is 1. The van der Waals surface area contributed by atoms with E-state index in [-0.39, 0.29) is 24.2 Å². The Morgan fingerprint density at radius 3 is 2.78 bits per heavy atom. The molecule has 1 heterocycles. The highest BCUT2D eigenvalue weighted by Gasteiger charge is 2.39. The van der Waals surface area contributed by atoms with Gasteiger partial charge in [-0.15, -0.1) is 0 Å². The SMILES string of the molecule is COc1ccc(C)cc1N1CC(C(=O)OCC2CC2C)CC1=O. The fraction of sp³-hybridized carbons (Fsp3) is 0.556. The van der Waals surface area contributed by atoms with Gasteiger partial charge in [0.15, 0.2) is 0 Å². The van der Waals surface area contributed by atoms with Gasteiger partial charge >= 0.3 is 5.97 Å². The first-order valence-corrected chi connectivity index (χ1v) is 8.11. The number of amides is 1. The highest BCUT2D eigenvalue weighted by Crippen LogP contribution is 2.38. The van der Waals surface area contributed by atoms with Crippen molar-refractivity contribution >= 4 is 17.6 Å². The van der Waals surface area contributed by atoms with E-state index in [2.05, 4.69) is 6.92 Å². The van der Waals surface area contributed by atoms with Crippen molar-refractivity contribution in [1.82, 2.24) is 0 Å². The molecule has 1 aliphatic carbocycles. The summed E-state index contributed by atoms with van der Waals surface area (Å²) in [5.74, 6) is 1.10. The number of rotatable bonds is 5. The van der Waals surface area contributed by atoms with Crippen LogP contribution in [0, 0.1) is 24.7 Å². The molecule has 1 aromatic rings. The molecule has 2 aliphatic rings. The second kappa shape index (κ2) is 6.22. The van der Waals surface area contributed by atoms with Crippen molar-refractivity contribution in [3.8, 4) is 5.75 Å². The van der Waals surface area contributed by atoms with Crippen LogP contribution in [0.15, 0.2) is 18.2 Å². The van der Waals surface area contributed by atoms with Crippen LogP contribution in [0.3, 0.4) is 0 Å². The summed E-state index contributed by atoms with van der Waals surface area (Å²) in [5, 5.41) is 0. The number of ether oxygens (including phenoxy) is 2. The molecule has 5 nitrogen and oxygen atoms in total. The maximum Gasteiger partial charge on any atom is 0.311 e. The summed E-state index contributed by atoms with van der Waals surface area (Å²) in [6.45, 7) is 4.96. The number of hydrogen-bond donors (Lipinski definition) is 0. The van der Waals surface area contributed by atoms with E-state index in [1.165, 1.54) is 0 Å². The average molecular weight is 317 g/mol. The van der Waals surface area contributed by atoms with Gasteiger partial charge in [-0.25, -0.2) is 0 Å². The lowest BCUT2D eigenvalue weighted by Gasteiger charge is -2.20. The fourth-order valence-corrected chi connectivity index (χ4v) is 3.05. The van der Waals surface area contributed by atoms with Crippen LogP contribution in [-0.2, 0) is 14.3 Å². The maximum atomic E-state index is 12.3. The monoisotopic (exact) mass is 317 g/mol. The number of aryl methyl sites for hydroxylation is 1. The maximum absolute atomic E-state index is 12.3. The standard InChI is InChI=1S/C18H23NO4/c1-11-4-5-16(22-3)15(6-11)19-9-13(8-17(19)20)18(21)23-10-14-7-12(14)2/h4-6,12-14H,7-10H2,1-3H3. The second-order valence-corrected chi connectivity index (χ2v) is 6.68. The zero-order chi connectivity index (χ0) is 16.6. The molecule has 3 unspecified atom stereocenters. The number of anilines is 1. The van der Waals surface area contributed by atoms with Crippen LogP contribution in [0.25, 0.3) is 0 Å². The molecule has 0 radical (unpaired) electrons. The van der Waals surface area contributed by atoms with Crippen LogP contribution in [0.5, 0.6) is 5.75 Å². The van der Waals surface area contributed by atoms with Gasteiger partial charge in [-0.2, -0.15) is 0 Å². The predicted molar refractivity (Wildman–Crippen MR) is 86.4 cm³/mol. The van der Waals surface area contributed by atoms with E-state index in [9.17, 15) is 9.59 Å². The molecule has 1 saturated heterocycles. The molecule has 5 heteroatoms. The van der Waals surface area contributed by atoms with Crippen molar-refractivity contribution in [1.29, 1.82) is 0 Å². The highest BCUT2D eigenvalue weighted by atomic mass is 16.5. The second-order valence-electron chi connectivity index (χ2n) is 6.68. The first-order valence-electron chi connectivity index (χ1n) is 8.11. The quantitative estimate of drug-likeness (QED) is 0.783. The molecule has 1 aliphatic heterocycles. The van der Waals surface area contributed by atoms with Gasteiger partial charge in [0.2, 0.25) is 5.91 Å². The van der Waals surface area contributed by atoms with E-state index in [1.54, 1.807) is 12.0 Å². The smallest absolute Gasteiger partial charge is 0.311 e. The zero-order valence-electron chi connectivity index (χ0n) is 13.9. The summed E-state index contributed by atoms with van der Waals surface area (Å²) >= 11 is 0. The van der Waals surface area contributed by atoms with Gasteiger partial charge in [-0.1, -0.05) is 13.0 Å². The van der Waals surface area contributed by atoms with Crippen LogP contribution in [-0.4, -0.2) is 32.1 Å². The van der Waals surface area contributed by atoms with E-state index < -0.39 is 0 Å². The Morgan fingerprint density at radius 2 is 2.13 bits per heavy atom. The van der Waals surface area contributed by atoms with Gasteiger partial charge in [-0.05, 0) is 42.9 Å². The summed E-state index contributed by atoms with van der Waals surface area (Å²) in [4.78, 5) is 26.2. The molecule has 0 aromatic heterocycles. The van der Waals surface area contributed by atoms with Gasteiger partial charge in [0.25, 0.3) is 0 Å². The average Bonchev–Trinajstić information content (AvgIpc) is 3.09. The molecule has 0 spiro atoms. The molecule has 124 valence electrons. The number of nitrogens with zero attached hydrogens (tertiary/aromatic N) is 1. The normalized spacial score (nSPS) is 26.3. The minimum Gasteiger partial charge on any atom is -0.495 e. The van der Waals surface area contributed by atoms with E-state index in [4.69, 9.17) is 9.47 Å². The van der Waals surface area contributed by atoms with Crippen molar-refractivity contribution < 1.29 is 19.1 Å². The third-order valence-electron chi connectivity index (χ3n) is 4.80. The molecule has 1 saturated carbocycles. The summed E-state index contributed by atoms with van der Waals surface area (Å²) < 4.78 is 10.7. The molecule has 23 heavy (non-hydrogen) atoms. The number of carbonyl (C=O) groups is 2. The molecular formula is C18H23NO4. The summed E-state index contributed by atoms with van der Waals surface area (Å²) in [5.41, 5.74) is 1.77. The van der Waals surface area contributed by atoms with E-state index in [0.717, 1.165) is 17.7 Å². The first-order chi connectivity index (χ1) is 11.0. The van der Waals surface area contributed by atoms with Gasteiger partial charge in [0.1, 0.15) is 5.75 Å². The van der Waals surface area contributed by atoms with Crippen molar-refractivity contribution in [2.24, 2.45) is 17.8 Å². The molecule has 0 bridgehead atoms. The summed E-state index contributed by atoms with van der Waals surface area (Å²) in [6.07, 6.45) is 1.33. The Balaban J connectivity index is 1.67. The highest BCUT2D eigenvalue weighted by molar-refractivity contribution is 6.00. The lowest BCUT2D eigenvalue weighted by molar-refractivity contribution is -0.148. The Kier molecular flexibility index (Phi) is 4.28. The Bertz CT molecular complexity index is 627. The van der Waals surface area contributed by atoms with Crippen LogP contribution in [0.1, 0.15) is 25.3 Å². The predicted octanol–water partition coefficient (Wildman–Crippen LogP) is 2.56. The minimum absolute atomic E-state index is 0.0596. The molecule has 3 atom stereocenters. The van der Waals surface area contributed by atoms with Gasteiger partial charge in [0, 0.05) is 13.0 Å². The molecule has 2 fully saturated rings. The van der Waals surface area contributed by atoms with Crippen molar-refractivity contribution in [3.63, 3.8) is 0 Å². The number of methoxy groups -OCH3 is 1. The van der Waals surface area contributed by atoms with Crippen LogP contribution in [0.2, 0.25) is 0 Å². The molecule has 1 aromatic carbocycles. The number of esters is 1. The summed E-state index contributed by atoms with van der Waals surface area (Å²) in [7, 11) is 1.58. The van der Waals surface area contributed by atoms with Crippen LogP contribution >= 0.6 is 0 Å². The first kappa shape index (κ1) is 15.8. The zero-order valence-corrected chi connectivity index (χ0v) is 13.9. The van der Waals surface area contributed by atoms with E-state index in [1.807, 2.05) is 25.1 Å². The third-order valence-corrected chi connectivity index (χ3v) is 4.80. The largest absolute Gasteiger partial charge is 0.495 e. The lowest BCUT2D eigenvalue weighted by Crippen LogP contribution is -2.27. The fourth-order valence-electron chi connectivity index (χ4n) is 3.05. The summed E-state index contributed by atoms with van der Waals surface area (Å²) in [6, 6.07) is 5.69. The lowest BCUT2D eigenvalue weighted by atomic mass is 10.1. The van der Waals surface area contributed by atoms with Crippen molar-refractivity contribution in [2.45, 2.75) is 26.7 Å². The van der Waals surface area contributed by atoms with Crippen LogP contribution in [0.4, 0.5) is 5.69 Å². The minimum atomic E-state index is -0.387. The number of hydrogen-bond acceptors (Lipinski definition) is 4. The molecule has 0 N–H and O–H groups in total. The molecular weight excluding hydrogens is 294 g/mol. The van der Waals surface area contributed by atoms with Crippen molar-refractivity contribution in [2.75, 3.05) is 25.2 Å². The van der Waals surface area contributed by atoms with E-state index in [0.29, 0.717) is 30.7 Å². The van der Waals surface area contributed by atoms with Gasteiger partial charge in [0.05, 0.1) is 25.3 Å². The van der Waals surface area contributed by atoms with Gasteiger partial charge < -0.3 is 14.4 Å².